The highest BCUT2D eigenvalue weighted by molar-refractivity contribution is 6.31. The first-order valence-corrected chi connectivity index (χ1v) is 8.31. The third-order valence-electron chi connectivity index (χ3n) is 4.08. The number of hydrogen-bond acceptors (Lipinski definition) is 3. The molecule has 23 heavy (non-hydrogen) atoms. The highest BCUT2D eigenvalue weighted by Crippen LogP contribution is 2.27. The molecule has 0 aliphatic carbocycles. The lowest BCUT2D eigenvalue weighted by atomic mass is 10.0. The van der Waals surface area contributed by atoms with Gasteiger partial charge in [0.1, 0.15) is 5.75 Å². The maximum Gasteiger partial charge on any atom is 0.227 e. The fraction of sp³-hybridized carbons (Fsp3) is 0.529. The van der Waals surface area contributed by atoms with Crippen LogP contribution < -0.4 is 10.1 Å². The molecule has 0 saturated carbocycles. The van der Waals surface area contributed by atoms with Gasteiger partial charge in [-0.2, -0.15) is 0 Å². The Hall–Kier alpha value is -1.75. The van der Waals surface area contributed by atoms with E-state index >= 15 is 0 Å². The van der Waals surface area contributed by atoms with E-state index in [4.69, 9.17) is 16.3 Å². The fourth-order valence-electron chi connectivity index (χ4n) is 2.82. The molecule has 2 rings (SSSR count). The molecule has 0 unspecified atom stereocenters. The Balaban J connectivity index is 2.02. The molecule has 5 nitrogen and oxygen atoms in total. The van der Waals surface area contributed by atoms with Crippen LogP contribution in [0, 0.1) is 0 Å². The quantitative estimate of drug-likeness (QED) is 0.897. The highest BCUT2D eigenvalue weighted by atomic mass is 35.5. The molecule has 1 aromatic rings. The summed E-state index contributed by atoms with van der Waals surface area (Å²) in [5.74, 6) is 0.655. The van der Waals surface area contributed by atoms with Crippen LogP contribution in [0.4, 0.5) is 0 Å². The van der Waals surface area contributed by atoms with E-state index in [1.54, 1.807) is 30.2 Å². The SMILES string of the molecule is CCC(=O)N[C@H]1CCCN(C(=O)Cc2c(Cl)cccc2OC)C1. The van der Waals surface area contributed by atoms with Gasteiger partial charge in [-0.15, -0.1) is 0 Å². The number of benzene rings is 1. The number of methoxy groups -OCH3 is 1. The molecule has 1 N–H and O–H groups in total. The summed E-state index contributed by atoms with van der Waals surface area (Å²) in [5, 5.41) is 3.50. The van der Waals surface area contributed by atoms with Gasteiger partial charge < -0.3 is 15.0 Å². The molecule has 2 amide bonds. The molecule has 1 saturated heterocycles. The number of nitrogens with one attached hydrogen (secondary N) is 1. The lowest BCUT2D eigenvalue weighted by Crippen LogP contribution is -2.49. The van der Waals surface area contributed by atoms with Crippen molar-refractivity contribution in [3.8, 4) is 5.75 Å². The van der Waals surface area contributed by atoms with Gasteiger partial charge in [0.25, 0.3) is 0 Å². The normalized spacial score (nSPS) is 17.7. The van der Waals surface area contributed by atoms with Crippen LogP contribution in [-0.2, 0) is 16.0 Å². The zero-order valence-electron chi connectivity index (χ0n) is 13.6. The first-order valence-electron chi connectivity index (χ1n) is 7.93. The van der Waals surface area contributed by atoms with Crippen LogP contribution >= 0.6 is 11.6 Å². The Morgan fingerprint density at radius 3 is 2.91 bits per heavy atom. The van der Waals surface area contributed by atoms with Crippen molar-refractivity contribution in [2.75, 3.05) is 20.2 Å². The van der Waals surface area contributed by atoms with Crippen molar-refractivity contribution in [3.63, 3.8) is 0 Å². The van der Waals surface area contributed by atoms with Gasteiger partial charge in [-0.3, -0.25) is 9.59 Å². The summed E-state index contributed by atoms with van der Waals surface area (Å²) in [6.07, 6.45) is 2.46. The molecule has 1 atom stereocenters. The Kier molecular flexibility index (Phi) is 6.28. The minimum absolute atomic E-state index is 0.00634. The monoisotopic (exact) mass is 338 g/mol. The zero-order valence-corrected chi connectivity index (χ0v) is 14.4. The first kappa shape index (κ1) is 17.6. The molecular formula is C17H23ClN2O3. The first-order chi connectivity index (χ1) is 11.0. The topological polar surface area (TPSA) is 58.6 Å². The Bertz CT molecular complexity index is 577. The van der Waals surface area contributed by atoms with Crippen molar-refractivity contribution < 1.29 is 14.3 Å². The van der Waals surface area contributed by atoms with Gasteiger partial charge in [0.05, 0.1) is 13.5 Å². The third kappa shape index (κ3) is 4.61. The number of amides is 2. The van der Waals surface area contributed by atoms with Crippen LogP contribution in [-0.4, -0.2) is 43.0 Å². The number of piperidine rings is 1. The van der Waals surface area contributed by atoms with Gasteiger partial charge in [-0.1, -0.05) is 24.6 Å². The summed E-state index contributed by atoms with van der Waals surface area (Å²) in [4.78, 5) is 25.9. The largest absolute Gasteiger partial charge is 0.496 e. The van der Waals surface area contributed by atoms with E-state index in [0.717, 1.165) is 12.8 Å². The molecule has 0 radical (unpaired) electrons. The van der Waals surface area contributed by atoms with Crippen LogP contribution in [0.1, 0.15) is 31.7 Å². The van der Waals surface area contributed by atoms with Gasteiger partial charge in [0.15, 0.2) is 0 Å². The fourth-order valence-corrected chi connectivity index (χ4v) is 3.05. The van der Waals surface area contributed by atoms with E-state index in [1.165, 1.54) is 0 Å². The second-order valence-corrected chi connectivity index (χ2v) is 6.10. The van der Waals surface area contributed by atoms with Crippen molar-refractivity contribution in [1.29, 1.82) is 0 Å². The van der Waals surface area contributed by atoms with Crippen molar-refractivity contribution in [3.05, 3.63) is 28.8 Å². The maximum absolute atomic E-state index is 12.6. The molecule has 0 spiro atoms. The summed E-state index contributed by atoms with van der Waals surface area (Å²) in [5.41, 5.74) is 0.710. The van der Waals surface area contributed by atoms with E-state index in [9.17, 15) is 9.59 Å². The standard InChI is InChI=1S/C17H23ClN2O3/c1-3-16(21)19-12-6-5-9-20(11-12)17(22)10-13-14(18)7-4-8-15(13)23-2/h4,7-8,12H,3,5-6,9-11H2,1-2H3,(H,19,21)/t12-/m0/s1. The van der Waals surface area contributed by atoms with E-state index < -0.39 is 0 Å². The summed E-state index contributed by atoms with van der Waals surface area (Å²) in [6, 6.07) is 5.39. The zero-order chi connectivity index (χ0) is 16.8. The van der Waals surface area contributed by atoms with E-state index in [-0.39, 0.29) is 24.3 Å². The molecular weight excluding hydrogens is 316 g/mol. The van der Waals surface area contributed by atoms with E-state index in [2.05, 4.69) is 5.32 Å². The highest BCUT2D eigenvalue weighted by Gasteiger charge is 2.25. The second-order valence-electron chi connectivity index (χ2n) is 5.70. The van der Waals surface area contributed by atoms with Crippen molar-refractivity contribution in [1.82, 2.24) is 10.2 Å². The summed E-state index contributed by atoms with van der Waals surface area (Å²) >= 11 is 6.20. The number of hydrogen-bond donors (Lipinski definition) is 1. The van der Waals surface area contributed by atoms with Gasteiger partial charge >= 0.3 is 0 Å². The number of carbonyl (C=O) groups excluding carboxylic acids is 2. The predicted octanol–water partition coefficient (Wildman–Crippen LogP) is 2.41. The Morgan fingerprint density at radius 1 is 1.43 bits per heavy atom. The van der Waals surface area contributed by atoms with Crippen LogP contribution in [0.2, 0.25) is 5.02 Å². The number of likely N-dealkylation sites (tertiary alicyclic amines) is 1. The molecule has 1 aliphatic rings. The van der Waals surface area contributed by atoms with Crippen LogP contribution in [0.15, 0.2) is 18.2 Å². The molecule has 1 heterocycles. The Labute approximate surface area is 141 Å². The van der Waals surface area contributed by atoms with E-state index in [1.807, 2.05) is 6.92 Å². The van der Waals surface area contributed by atoms with E-state index in [0.29, 0.717) is 35.8 Å². The lowest BCUT2D eigenvalue weighted by molar-refractivity contribution is -0.133. The van der Waals surface area contributed by atoms with Gasteiger partial charge in [-0.05, 0) is 25.0 Å². The Morgan fingerprint density at radius 2 is 2.22 bits per heavy atom. The average Bonchev–Trinajstić information content (AvgIpc) is 2.56. The molecule has 6 heteroatoms. The van der Waals surface area contributed by atoms with Crippen molar-refractivity contribution in [2.45, 2.75) is 38.6 Å². The van der Waals surface area contributed by atoms with Crippen LogP contribution in [0.25, 0.3) is 0 Å². The van der Waals surface area contributed by atoms with Crippen LogP contribution in [0.5, 0.6) is 5.75 Å². The molecule has 1 fully saturated rings. The van der Waals surface area contributed by atoms with Gasteiger partial charge in [-0.25, -0.2) is 0 Å². The van der Waals surface area contributed by atoms with Crippen molar-refractivity contribution >= 4 is 23.4 Å². The van der Waals surface area contributed by atoms with Crippen LogP contribution in [0.3, 0.4) is 0 Å². The summed E-state index contributed by atoms with van der Waals surface area (Å²) in [6.45, 7) is 3.09. The number of ether oxygens (including phenoxy) is 1. The summed E-state index contributed by atoms with van der Waals surface area (Å²) in [7, 11) is 1.57. The lowest BCUT2D eigenvalue weighted by Gasteiger charge is -2.33. The number of halogens is 1. The van der Waals surface area contributed by atoms with Gasteiger partial charge in [0, 0.05) is 36.1 Å². The van der Waals surface area contributed by atoms with Crippen molar-refractivity contribution in [2.24, 2.45) is 0 Å². The summed E-state index contributed by atoms with van der Waals surface area (Å²) < 4.78 is 5.29. The molecule has 1 aliphatic heterocycles. The predicted molar refractivity (Wildman–Crippen MR) is 89.7 cm³/mol. The molecule has 126 valence electrons. The molecule has 0 aromatic heterocycles. The third-order valence-corrected chi connectivity index (χ3v) is 4.44. The second kappa shape index (κ2) is 8.20. The average molecular weight is 339 g/mol. The van der Waals surface area contributed by atoms with Gasteiger partial charge in [0.2, 0.25) is 11.8 Å². The maximum atomic E-state index is 12.6. The molecule has 1 aromatic carbocycles. The number of rotatable bonds is 5. The smallest absolute Gasteiger partial charge is 0.227 e. The number of carbonyl (C=O) groups is 2. The minimum Gasteiger partial charge on any atom is -0.496 e. The number of nitrogens with zero attached hydrogens (tertiary/aromatic N) is 1. The molecule has 0 bridgehead atoms. The minimum atomic E-state index is 0.00634.